The number of aliphatic hydroxyl groups excluding tert-OH is 2. The molecular weight excluding hydrogens is 771 g/mol. The summed E-state index contributed by atoms with van der Waals surface area (Å²) in [7, 11) is 0. The zero-order valence-corrected chi connectivity index (χ0v) is 42.1. The van der Waals surface area contributed by atoms with Gasteiger partial charge in [-0.15, -0.1) is 0 Å². The molecule has 3 N–H and O–H groups in total. The summed E-state index contributed by atoms with van der Waals surface area (Å²) in [6.45, 7) is 4.23. The molecule has 2 atom stereocenters. The number of rotatable bonds is 50. The van der Waals surface area contributed by atoms with Gasteiger partial charge in [-0.3, -0.25) is 4.79 Å². The molecule has 0 radical (unpaired) electrons. The fourth-order valence-electron chi connectivity index (χ4n) is 8.31. The van der Waals surface area contributed by atoms with Gasteiger partial charge in [0.05, 0.1) is 18.8 Å². The Labute approximate surface area is 393 Å². The molecule has 4 nitrogen and oxygen atoms in total. The average molecular weight is 879 g/mol. The Morgan fingerprint density at radius 1 is 0.397 bits per heavy atom. The molecule has 0 aliphatic carbocycles. The lowest BCUT2D eigenvalue weighted by molar-refractivity contribution is -0.123. The first-order valence-electron chi connectivity index (χ1n) is 27.6. The molecule has 1 amide bonds. The van der Waals surface area contributed by atoms with Gasteiger partial charge < -0.3 is 15.5 Å². The van der Waals surface area contributed by atoms with Crippen molar-refractivity contribution < 1.29 is 15.0 Å². The topological polar surface area (TPSA) is 69.6 Å². The van der Waals surface area contributed by atoms with Crippen LogP contribution >= 0.6 is 0 Å². The number of hydrogen-bond acceptors (Lipinski definition) is 3. The quantitative estimate of drug-likeness (QED) is 0.0421. The number of carbonyl (C=O) groups is 1. The SMILES string of the molecule is CC/C=C\C/C=C\C/C=C\C/C=C\C/C=C\C/C=C\CCCCCCCCCCCCCCCCCCCCCCCCC(=O)NC(CO)C(O)CCCCCCCCCCCC. The highest BCUT2D eigenvalue weighted by molar-refractivity contribution is 5.76. The molecule has 0 aromatic carbocycles. The number of unbranched alkanes of at least 4 members (excludes halogenated alkanes) is 31. The molecule has 0 spiro atoms. The highest BCUT2D eigenvalue weighted by Gasteiger charge is 2.20. The van der Waals surface area contributed by atoms with Crippen LogP contribution in [0.1, 0.15) is 277 Å². The largest absolute Gasteiger partial charge is 0.394 e. The fourth-order valence-corrected chi connectivity index (χ4v) is 8.31. The lowest BCUT2D eigenvalue weighted by Crippen LogP contribution is -2.45. The van der Waals surface area contributed by atoms with Crippen LogP contribution in [0.25, 0.3) is 0 Å². The van der Waals surface area contributed by atoms with Crippen molar-refractivity contribution in [2.75, 3.05) is 6.61 Å². The zero-order chi connectivity index (χ0) is 45.6. The van der Waals surface area contributed by atoms with E-state index in [4.69, 9.17) is 0 Å². The minimum Gasteiger partial charge on any atom is -0.394 e. The molecule has 2 unspecified atom stereocenters. The van der Waals surface area contributed by atoms with E-state index in [0.29, 0.717) is 12.8 Å². The maximum absolute atomic E-state index is 12.4. The van der Waals surface area contributed by atoms with Crippen LogP contribution in [-0.2, 0) is 4.79 Å². The van der Waals surface area contributed by atoms with Crippen LogP contribution < -0.4 is 5.32 Å². The van der Waals surface area contributed by atoms with Crippen LogP contribution in [0, 0.1) is 0 Å². The lowest BCUT2D eigenvalue weighted by Gasteiger charge is -2.22. The van der Waals surface area contributed by atoms with E-state index in [1.165, 1.54) is 186 Å². The molecule has 63 heavy (non-hydrogen) atoms. The van der Waals surface area contributed by atoms with Gasteiger partial charge in [-0.25, -0.2) is 0 Å². The molecule has 0 aliphatic rings. The van der Waals surface area contributed by atoms with Gasteiger partial charge in [-0.1, -0.05) is 279 Å². The first-order chi connectivity index (χ1) is 31.2. The maximum atomic E-state index is 12.4. The average Bonchev–Trinajstić information content (AvgIpc) is 3.29. The third-order valence-electron chi connectivity index (χ3n) is 12.5. The molecule has 0 rings (SSSR count). The highest BCUT2D eigenvalue weighted by atomic mass is 16.3. The third kappa shape index (κ3) is 50.7. The van der Waals surface area contributed by atoms with E-state index in [1.807, 2.05) is 0 Å². The number of nitrogens with one attached hydrogen (secondary N) is 1. The van der Waals surface area contributed by atoms with Gasteiger partial charge in [0.25, 0.3) is 0 Å². The van der Waals surface area contributed by atoms with Gasteiger partial charge in [0, 0.05) is 6.42 Å². The predicted octanol–water partition coefficient (Wildman–Crippen LogP) is 18.2. The molecule has 0 fully saturated rings. The Balaban J connectivity index is 3.39. The van der Waals surface area contributed by atoms with Crippen molar-refractivity contribution in [2.24, 2.45) is 0 Å². The van der Waals surface area contributed by atoms with Crippen LogP contribution in [0.3, 0.4) is 0 Å². The van der Waals surface area contributed by atoms with Crippen molar-refractivity contribution in [2.45, 2.75) is 289 Å². The number of allylic oxidation sites excluding steroid dienone is 12. The molecule has 0 aliphatic heterocycles. The van der Waals surface area contributed by atoms with E-state index in [1.54, 1.807) is 0 Å². The summed E-state index contributed by atoms with van der Waals surface area (Å²) in [6.07, 6.45) is 77.6. The van der Waals surface area contributed by atoms with Crippen LogP contribution in [0.4, 0.5) is 0 Å². The van der Waals surface area contributed by atoms with Gasteiger partial charge in [0.15, 0.2) is 0 Å². The summed E-state index contributed by atoms with van der Waals surface area (Å²) >= 11 is 0. The number of aliphatic hydroxyl groups is 2. The summed E-state index contributed by atoms with van der Waals surface area (Å²) in [6, 6.07) is -0.534. The molecule has 0 heterocycles. The third-order valence-corrected chi connectivity index (χ3v) is 12.5. The van der Waals surface area contributed by atoms with Crippen molar-refractivity contribution in [3.8, 4) is 0 Å². The normalized spacial score (nSPS) is 13.4. The monoisotopic (exact) mass is 878 g/mol. The second-order valence-electron chi connectivity index (χ2n) is 18.6. The van der Waals surface area contributed by atoms with Crippen molar-refractivity contribution in [3.63, 3.8) is 0 Å². The first-order valence-corrected chi connectivity index (χ1v) is 27.6. The van der Waals surface area contributed by atoms with Gasteiger partial charge in [-0.05, 0) is 64.2 Å². The second-order valence-corrected chi connectivity index (χ2v) is 18.6. The summed E-state index contributed by atoms with van der Waals surface area (Å²) < 4.78 is 0. The minimum atomic E-state index is -0.657. The van der Waals surface area contributed by atoms with Gasteiger partial charge in [-0.2, -0.15) is 0 Å². The van der Waals surface area contributed by atoms with Gasteiger partial charge >= 0.3 is 0 Å². The maximum Gasteiger partial charge on any atom is 0.220 e. The number of carbonyl (C=O) groups excluding carboxylic acids is 1. The van der Waals surface area contributed by atoms with E-state index in [2.05, 4.69) is 92.1 Å². The Bertz CT molecular complexity index is 1090. The van der Waals surface area contributed by atoms with Crippen molar-refractivity contribution in [1.82, 2.24) is 5.32 Å². The van der Waals surface area contributed by atoms with Crippen LogP contribution in [-0.4, -0.2) is 34.9 Å². The fraction of sp³-hybridized carbons (Fsp3) is 0.780. The van der Waals surface area contributed by atoms with Crippen LogP contribution in [0.15, 0.2) is 72.9 Å². The summed E-state index contributed by atoms with van der Waals surface area (Å²) in [5.74, 6) is -0.0306. The van der Waals surface area contributed by atoms with E-state index in [-0.39, 0.29) is 12.5 Å². The van der Waals surface area contributed by atoms with Crippen LogP contribution in [0.2, 0.25) is 0 Å². The number of amides is 1. The molecule has 0 aromatic heterocycles. The Hall–Kier alpha value is -2.17. The molecule has 0 saturated carbocycles. The van der Waals surface area contributed by atoms with Crippen LogP contribution in [0.5, 0.6) is 0 Å². The first kappa shape index (κ1) is 60.8. The van der Waals surface area contributed by atoms with E-state index >= 15 is 0 Å². The highest BCUT2D eigenvalue weighted by Crippen LogP contribution is 2.17. The molecular formula is C59H107NO3. The Kier molecular flexibility index (Phi) is 52.3. The predicted molar refractivity (Wildman–Crippen MR) is 281 cm³/mol. The zero-order valence-electron chi connectivity index (χ0n) is 42.1. The molecule has 366 valence electrons. The van der Waals surface area contributed by atoms with Crippen molar-refractivity contribution >= 4 is 5.91 Å². The van der Waals surface area contributed by atoms with E-state index < -0.39 is 12.1 Å². The standard InChI is InChI=1S/C59H107NO3/c1-3-5-7-9-11-13-15-16-17-18-19-20-21-22-23-24-25-26-27-28-29-30-31-32-33-34-35-36-37-38-39-40-41-42-43-44-45-47-49-51-53-55-59(63)60-57(56-61)58(62)54-52-50-48-46-14-12-10-8-6-4-2/h5,7,11,13,16-17,19-20,22-23,25-26,57-58,61-62H,3-4,6,8-10,12,14-15,18,21,24,27-56H2,1-2H3,(H,60,63)/b7-5-,13-11-,17-16-,20-19-,23-22-,26-25-. The molecule has 4 heteroatoms. The summed E-state index contributed by atoms with van der Waals surface area (Å²) in [5.41, 5.74) is 0. The van der Waals surface area contributed by atoms with Crippen molar-refractivity contribution in [1.29, 1.82) is 0 Å². The van der Waals surface area contributed by atoms with Gasteiger partial charge in [0.1, 0.15) is 0 Å². The smallest absolute Gasteiger partial charge is 0.220 e. The lowest BCUT2D eigenvalue weighted by atomic mass is 10.0. The second kappa shape index (κ2) is 54.2. The molecule has 0 aromatic rings. The Morgan fingerprint density at radius 2 is 0.698 bits per heavy atom. The van der Waals surface area contributed by atoms with E-state index in [0.717, 1.165) is 64.2 Å². The van der Waals surface area contributed by atoms with Gasteiger partial charge in [0.2, 0.25) is 5.91 Å². The van der Waals surface area contributed by atoms with Crippen molar-refractivity contribution in [3.05, 3.63) is 72.9 Å². The number of hydrogen-bond donors (Lipinski definition) is 3. The molecule has 0 bridgehead atoms. The minimum absolute atomic E-state index is 0.0306. The Morgan fingerprint density at radius 3 is 1.05 bits per heavy atom. The summed E-state index contributed by atoms with van der Waals surface area (Å²) in [4.78, 5) is 12.4. The van der Waals surface area contributed by atoms with E-state index in [9.17, 15) is 15.0 Å². The summed E-state index contributed by atoms with van der Waals surface area (Å²) in [5, 5.41) is 23.1. The molecule has 0 saturated heterocycles.